The first-order valence-electron chi connectivity index (χ1n) is 6.89. The Labute approximate surface area is 119 Å². The van der Waals surface area contributed by atoms with Crippen LogP contribution in [0.25, 0.3) is 0 Å². The summed E-state index contributed by atoms with van der Waals surface area (Å²) in [5.74, 6) is 0.942. The van der Waals surface area contributed by atoms with Gasteiger partial charge in [0.25, 0.3) is 0 Å². The summed E-state index contributed by atoms with van der Waals surface area (Å²) in [6.07, 6.45) is 4.11. The standard InChI is InChI=1S/C14H22N4O2/c1-14(2,3)12-15-6-11(7-16-12)17-13(20)18-5-4-10(8-18)9-19/h6-7,10,19H,4-5,8-9H2,1-3H3,(H,17,20). The second-order valence-electron chi connectivity index (χ2n) is 6.26. The number of hydrogen-bond donors (Lipinski definition) is 2. The van der Waals surface area contributed by atoms with Gasteiger partial charge in [-0.2, -0.15) is 0 Å². The number of anilines is 1. The number of amides is 2. The van der Waals surface area contributed by atoms with Crippen LogP contribution in [0.3, 0.4) is 0 Å². The van der Waals surface area contributed by atoms with Crippen LogP contribution in [0.2, 0.25) is 0 Å². The predicted octanol–water partition coefficient (Wildman–Crippen LogP) is 1.62. The van der Waals surface area contributed by atoms with E-state index >= 15 is 0 Å². The van der Waals surface area contributed by atoms with Gasteiger partial charge in [-0.3, -0.25) is 0 Å². The molecule has 1 saturated heterocycles. The van der Waals surface area contributed by atoms with Gasteiger partial charge in [0.1, 0.15) is 5.82 Å². The SMILES string of the molecule is CC(C)(C)c1ncc(NC(=O)N2CCC(CO)C2)cn1. The molecule has 6 nitrogen and oxygen atoms in total. The number of likely N-dealkylation sites (tertiary alicyclic amines) is 1. The molecule has 6 heteroatoms. The minimum absolute atomic E-state index is 0.105. The molecule has 1 aromatic heterocycles. The topological polar surface area (TPSA) is 78.4 Å². The summed E-state index contributed by atoms with van der Waals surface area (Å²) in [5.41, 5.74) is 0.488. The zero-order valence-corrected chi connectivity index (χ0v) is 12.3. The average Bonchev–Trinajstić information content (AvgIpc) is 2.87. The molecule has 20 heavy (non-hydrogen) atoms. The first-order chi connectivity index (χ1) is 9.40. The van der Waals surface area contributed by atoms with E-state index in [0.717, 1.165) is 12.2 Å². The Morgan fingerprint density at radius 3 is 2.60 bits per heavy atom. The third-order valence-corrected chi connectivity index (χ3v) is 3.41. The third kappa shape index (κ3) is 3.45. The van der Waals surface area contributed by atoms with E-state index in [1.165, 1.54) is 0 Å². The Bertz CT molecular complexity index is 467. The Morgan fingerprint density at radius 1 is 1.45 bits per heavy atom. The summed E-state index contributed by atoms with van der Waals surface area (Å²) in [6, 6.07) is -0.159. The van der Waals surface area contributed by atoms with Gasteiger partial charge in [-0.25, -0.2) is 14.8 Å². The van der Waals surface area contributed by atoms with Gasteiger partial charge in [0, 0.05) is 31.0 Å². The van der Waals surface area contributed by atoms with Crippen LogP contribution < -0.4 is 5.32 Å². The number of carbonyl (C=O) groups excluding carboxylic acids is 1. The second-order valence-corrected chi connectivity index (χ2v) is 6.26. The van der Waals surface area contributed by atoms with Crippen LogP contribution in [0, 0.1) is 5.92 Å². The summed E-state index contributed by atoms with van der Waals surface area (Å²) >= 11 is 0. The lowest BCUT2D eigenvalue weighted by Gasteiger charge is -2.18. The van der Waals surface area contributed by atoms with Crippen LogP contribution in [0.15, 0.2) is 12.4 Å². The molecule has 1 atom stereocenters. The summed E-state index contributed by atoms with van der Waals surface area (Å²) < 4.78 is 0. The number of rotatable bonds is 2. The Balaban J connectivity index is 1.95. The molecule has 0 saturated carbocycles. The molecule has 1 aliphatic heterocycles. The zero-order chi connectivity index (χ0) is 14.8. The minimum atomic E-state index is -0.159. The maximum Gasteiger partial charge on any atom is 0.321 e. The van der Waals surface area contributed by atoms with Gasteiger partial charge in [-0.15, -0.1) is 0 Å². The highest BCUT2D eigenvalue weighted by molar-refractivity contribution is 5.89. The first kappa shape index (κ1) is 14.7. The number of hydrogen-bond acceptors (Lipinski definition) is 4. The van der Waals surface area contributed by atoms with Crippen LogP contribution in [0.4, 0.5) is 10.5 Å². The highest BCUT2D eigenvalue weighted by Gasteiger charge is 2.25. The number of nitrogens with zero attached hydrogens (tertiary/aromatic N) is 3. The molecule has 0 radical (unpaired) electrons. The van der Waals surface area contributed by atoms with E-state index in [9.17, 15) is 4.79 Å². The maximum absolute atomic E-state index is 12.0. The van der Waals surface area contributed by atoms with Crippen molar-refractivity contribution >= 4 is 11.7 Å². The van der Waals surface area contributed by atoms with E-state index in [-0.39, 0.29) is 24.0 Å². The van der Waals surface area contributed by atoms with E-state index < -0.39 is 0 Å². The van der Waals surface area contributed by atoms with Crippen LogP contribution in [-0.2, 0) is 5.41 Å². The molecule has 110 valence electrons. The second kappa shape index (κ2) is 5.75. The van der Waals surface area contributed by atoms with Crippen molar-refractivity contribution in [3.63, 3.8) is 0 Å². The third-order valence-electron chi connectivity index (χ3n) is 3.41. The molecule has 2 N–H and O–H groups in total. The summed E-state index contributed by atoms with van der Waals surface area (Å²) in [4.78, 5) is 22.3. The van der Waals surface area contributed by atoms with Gasteiger partial charge in [-0.05, 0) is 6.42 Å². The van der Waals surface area contributed by atoms with Crippen molar-refractivity contribution in [2.24, 2.45) is 5.92 Å². The number of aliphatic hydroxyl groups excluding tert-OH is 1. The Hall–Kier alpha value is -1.69. The molecule has 2 heterocycles. The molecule has 2 amide bonds. The molecule has 2 rings (SSSR count). The number of carbonyl (C=O) groups is 1. The van der Waals surface area contributed by atoms with Crippen molar-refractivity contribution < 1.29 is 9.90 Å². The summed E-state index contributed by atoms with van der Waals surface area (Å²) in [6.45, 7) is 7.54. The molecule has 1 aromatic rings. The quantitative estimate of drug-likeness (QED) is 0.861. The van der Waals surface area contributed by atoms with E-state index in [0.29, 0.717) is 18.8 Å². The van der Waals surface area contributed by atoms with Gasteiger partial charge in [0.2, 0.25) is 0 Å². The predicted molar refractivity (Wildman–Crippen MR) is 76.5 cm³/mol. The fraction of sp³-hybridized carbons (Fsp3) is 0.643. The highest BCUT2D eigenvalue weighted by atomic mass is 16.3. The van der Waals surface area contributed by atoms with Gasteiger partial charge >= 0.3 is 6.03 Å². The van der Waals surface area contributed by atoms with E-state index in [1.54, 1.807) is 17.3 Å². The zero-order valence-electron chi connectivity index (χ0n) is 12.3. The van der Waals surface area contributed by atoms with Crippen LogP contribution >= 0.6 is 0 Å². The molecule has 0 aliphatic carbocycles. The number of nitrogens with one attached hydrogen (secondary N) is 1. The lowest BCUT2D eigenvalue weighted by atomic mass is 9.96. The number of aliphatic hydroxyl groups is 1. The van der Waals surface area contributed by atoms with E-state index in [2.05, 4.69) is 15.3 Å². The molecule has 0 aromatic carbocycles. The smallest absolute Gasteiger partial charge is 0.321 e. The van der Waals surface area contributed by atoms with Gasteiger partial charge < -0.3 is 15.3 Å². The first-order valence-corrected chi connectivity index (χ1v) is 6.89. The van der Waals surface area contributed by atoms with Crippen molar-refractivity contribution in [2.75, 3.05) is 25.0 Å². The molecular weight excluding hydrogens is 256 g/mol. The molecular formula is C14H22N4O2. The van der Waals surface area contributed by atoms with Crippen molar-refractivity contribution in [1.29, 1.82) is 0 Å². The van der Waals surface area contributed by atoms with Gasteiger partial charge in [0.05, 0.1) is 18.1 Å². The maximum atomic E-state index is 12.0. The monoisotopic (exact) mass is 278 g/mol. The summed E-state index contributed by atoms with van der Waals surface area (Å²) in [7, 11) is 0. The van der Waals surface area contributed by atoms with E-state index in [1.807, 2.05) is 20.8 Å². The van der Waals surface area contributed by atoms with Crippen molar-refractivity contribution in [2.45, 2.75) is 32.6 Å². The van der Waals surface area contributed by atoms with Crippen LogP contribution in [0.5, 0.6) is 0 Å². The summed E-state index contributed by atoms with van der Waals surface area (Å²) in [5, 5.41) is 11.9. The number of urea groups is 1. The van der Waals surface area contributed by atoms with Crippen LogP contribution in [0.1, 0.15) is 33.0 Å². The van der Waals surface area contributed by atoms with Gasteiger partial charge in [0.15, 0.2) is 0 Å². The van der Waals surface area contributed by atoms with Crippen LogP contribution in [-0.4, -0.2) is 45.7 Å². The molecule has 1 unspecified atom stereocenters. The minimum Gasteiger partial charge on any atom is -0.396 e. The normalized spacial score (nSPS) is 19.2. The fourth-order valence-corrected chi connectivity index (χ4v) is 2.15. The van der Waals surface area contributed by atoms with Crippen molar-refractivity contribution in [3.05, 3.63) is 18.2 Å². The molecule has 1 fully saturated rings. The van der Waals surface area contributed by atoms with Crippen molar-refractivity contribution in [3.8, 4) is 0 Å². The largest absolute Gasteiger partial charge is 0.396 e. The van der Waals surface area contributed by atoms with Crippen molar-refractivity contribution in [1.82, 2.24) is 14.9 Å². The Morgan fingerprint density at radius 2 is 2.10 bits per heavy atom. The lowest BCUT2D eigenvalue weighted by Crippen LogP contribution is -2.33. The average molecular weight is 278 g/mol. The van der Waals surface area contributed by atoms with E-state index in [4.69, 9.17) is 5.11 Å². The molecule has 0 spiro atoms. The Kier molecular flexibility index (Phi) is 4.23. The lowest BCUT2D eigenvalue weighted by molar-refractivity contribution is 0.208. The highest BCUT2D eigenvalue weighted by Crippen LogP contribution is 2.19. The molecule has 0 bridgehead atoms. The van der Waals surface area contributed by atoms with Gasteiger partial charge in [-0.1, -0.05) is 20.8 Å². The fourth-order valence-electron chi connectivity index (χ4n) is 2.15. The molecule has 1 aliphatic rings. The number of aromatic nitrogens is 2.